The lowest BCUT2D eigenvalue weighted by Gasteiger charge is -2.40. The monoisotopic (exact) mass is 493 g/mol. The van der Waals surface area contributed by atoms with E-state index in [0.29, 0.717) is 29.3 Å². The van der Waals surface area contributed by atoms with Crippen molar-refractivity contribution < 1.29 is 39.8 Å². The van der Waals surface area contributed by atoms with Crippen molar-refractivity contribution in [3.8, 4) is 5.75 Å². The van der Waals surface area contributed by atoms with Gasteiger partial charge in [-0.1, -0.05) is 30.3 Å². The van der Waals surface area contributed by atoms with Crippen LogP contribution in [0.3, 0.4) is 0 Å². The summed E-state index contributed by atoms with van der Waals surface area (Å²) in [6.45, 7) is 0.0107. The van der Waals surface area contributed by atoms with Crippen molar-refractivity contribution in [2.45, 2.75) is 42.9 Å². The standard InChI is InChI=1S/C24H28ClNO8/c25-7-6-16(14-4-5-18-17(11-14)26(24(31)32)8-9-33-18)13-2-1-3-15(10-13)23-22(30)21(29)20(28)19(12-27)34-23/h1-5,10-11,16,19-23,27-30H,6-9,12H2,(H,31,32)/t16?,19-,20-,21+,22-,23+/m1/s1. The van der Waals surface area contributed by atoms with Gasteiger partial charge in [0.2, 0.25) is 0 Å². The number of nitrogens with zero attached hydrogens (tertiary/aromatic N) is 1. The van der Waals surface area contributed by atoms with E-state index in [9.17, 15) is 30.3 Å². The third-order valence-electron chi connectivity index (χ3n) is 6.41. The third kappa shape index (κ3) is 4.72. The number of hydrogen-bond donors (Lipinski definition) is 5. The fourth-order valence-electron chi connectivity index (χ4n) is 4.61. The summed E-state index contributed by atoms with van der Waals surface area (Å²) in [4.78, 5) is 13.0. The fourth-order valence-corrected chi connectivity index (χ4v) is 4.83. The van der Waals surface area contributed by atoms with E-state index >= 15 is 0 Å². The van der Waals surface area contributed by atoms with Crippen LogP contribution in [0.4, 0.5) is 10.5 Å². The molecule has 1 unspecified atom stereocenters. The van der Waals surface area contributed by atoms with E-state index < -0.39 is 43.2 Å². The second-order valence-electron chi connectivity index (χ2n) is 8.46. The van der Waals surface area contributed by atoms with Crippen LogP contribution in [0, 0.1) is 0 Å². The van der Waals surface area contributed by atoms with Crippen LogP contribution in [0.1, 0.15) is 35.1 Å². The molecule has 6 atom stereocenters. The van der Waals surface area contributed by atoms with Gasteiger partial charge in [0, 0.05) is 11.8 Å². The second-order valence-corrected chi connectivity index (χ2v) is 8.84. The molecule has 0 saturated carbocycles. The summed E-state index contributed by atoms with van der Waals surface area (Å²) < 4.78 is 11.3. The smallest absolute Gasteiger partial charge is 0.412 e. The van der Waals surface area contributed by atoms with Gasteiger partial charge in [0.05, 0.1) is 18.8 Å². The molecule has 0 spiro atoms. The summed E-state index contributed by atoms with van der Waals surface area (Å²) in [6.07, 6.45) is -6.74. The molecule has 0 aromatic heterocycles. The van der Waals surface area contributed by atoms with Crippen molar-refractivity contribution in [1.29, 1.82) is 0 Å². The van der Waals surface area contributed by atoms with Crippen LogP contribution < -0.4 is 9.64 Å². The minimum atomic E-state index is -1.47. The highest BCUT2D eigenvalue weighted by molar-refractivity contribution is 6.17. The minimum absolute atomic E-state index is 0.190. The SMILES string of the molecule is O=C(O)N1CCOc2ccc(C(CCCl)c3cccc([C@@H]4O[C@H](CO)[C@@H](O)[C@H](O)[C@H]4O)c3)cc21. The molecule has 2 aliphatic rings. The van der Waals surface area contributed by atoms with Crippen LogP contribution in [0.5, 0.6) is 5.75 Å². The molecule has 2 aromatic carbocycles. The summed E-state index contributed by atoms with van der Waals surface area (Å²) in [7, 11) is 0. The number of rotatable bonds is 6. The predicted octanol–water partition coefficient (Wildman–Crippen LogP) is 1.84. The molecule has 4 rings (SSSR count). The molecule has 1 amide bonds. The number of alkyl halides is 1. The van der Waals surface area contributed by atoms with Gasteiger partial charge in [0.1, 0.15) is 42.9 Å². The van der Waals surface area contributed by atoms with Crippen LogP contribution in [-0.2, 0) is 4.74 Å². The number of carbonyl (C=O) groups is 1. The van der Waals surface area contributed by atoms with Crippen LogP contribution >= 0.6 is 11.6 Å². The number of hydrogen-bond acceptors (Lipinski definition) is 7. The Kier molecular flexibility index (Phi) is 7.61. The maximum atomic E-state index is 11.7. The highest BCUT2D eigenvalue weighted by Crippen LogP contribution is 2.39. The second kappa shape index (κ2) is 10.5. The summed E-state index contributed by atoms with van der Waals surface area (Å²) in [5.41, 5.74) is 2.75. The van der Waals surface area contributed by atoms with Crippen molar-refractivity contribution in [3.05, 3.63) is 59.2 Å². The van der Waals surface area contributed by atoms with Gasteiger partial charge in [0.15, 0.2) is 0 Å². The van der Waals surface area contributed by atoms with Crippen LogP contribution in [0.2, 0.25) is 0 Å². The number of anilines is 1. The molecule has 2 heterocycles. The van der Waals surface area contributed by atoms with E-state index in [0.717, 1.165) is 11.1 Å². The molecular weight excluding hydrogens is 466 g/mol. The maximum Gasteiger partial charge on any atom is 0.412 e. The first-order valence-electron chi connectivity index (χ1n) is 11.1. The van der Waals surface area contributed by atoms with Gasteiger partial charge in [-0.25, -0.2) is 4.79 Å². The van der Waals surface area contributed by atoms with Gasteiger partial charge in [0.25, 0.3) is 0 Å². The van der Waals surface area contributed by atoms with E-state index in [2.05, 4.69) is 0 Å². The number of fused-ring (bicyclic) bond motifs is 1. The van der Waals surface area contributed by atoms with Gasteiger partial charge in [-0.3, -0.25) is 4.90 Å². The Balaban J connectivity index is 1.68. The molecule has 2 aromatic rings. The molecule has 2 aliphatic heterocycles. The van der Waals surface area contributed by atoms with Gasteiger partial charge >= 0.3 is 6.09 Å². The van der Waals surface area contributed by atoms with Crippen LogP contribution in [0.25, 0.3) is 0 Å². The van der Waals surface area contributed by atoms with Crippen molar-refractivity contribution >= 4 is 23.4 Å². The Hall–Kier alpha value is -2.40. The molecule has 5 N–H and O–H groups in total. The van der Waals surface area contributed by atoms with Crippen molar-refractivity contribution in [2.24, 2.45) is 0 Å². The zero-order valence-corrected chi connectivity index (χ0v) is 19.1. The fraction of sp³-hybridized carbons (Fsp3) is 0.458. The van der Waals surface area contributed by atoms with E-state index in [1.165, 1.54) is 4.90 Å². The Morgan fingerprint density at radius 1 is 1.09 bits per heavy atom. The first-order chi connectivity index (χ1) is 16.3. The Bertz CT molecular complexity index is 1020. The number of carboxylic acid groups (broad SMARTS) is 1. The Labute approximate surface area is 201 Å². The highest BCUT2D eigenvalue weighted by Gasteiger charge is 2.44. The molecule has 9 nitrogen and oxygen atoms in total. The molecule has 0 aliphatic carbocycles. The van der Waals surface area contributed by atoms with Gasteiger partial charge in [-0.05, 0) is 35.2 Å². The number of ether oxygens (including phenoxy) is 2. The van der Waals surface area contributed by atoms with E-state index in [1.54, 1.807) is 24.3 Å². The zero-order chi connectivity index (χ0) is 24.4. The van der Waals surface area contributed by atoms with E-state index in [4.69, 9.17) is 21.1 Å². The topological polar surface area (TPSA) is 140 Å². The first-order valence-corrected chi connectivity index (χ1v) is 11.6. The number of halogens is 1. The molecular formula is C24H28ClNO8. The normalized spacial score (nSPS) is 27.6. The van der Waals surface area contributed by atoms with Crippen molar-refractivity contribution in [2.75, 3.05) is 30.5 Å². The number of aliphatic hydroxyl groups is 4. The average molecular weight is 494 g/mol. The summed E-state index contributed by atoms with van der Waals surface area (Å²) in [5.74, 6) is 0.660. The lowest BCUT2D eigenvalue weighted by molar-refractivity contribution is -0.231. The number of benzene rings is 2. The molecule has 0 radical (unpaired) electrons. The summed E-state index contributed by atoms with van der Waals surface area (Å²) in [5, 5.41) is 49.9. The first kappa shape index (κ1) is 24.7. The van der Waals surface area contributed by atoms with Crippen molar-refractivity contribution in [3.63, 3.8) is 0 Å². The molecule has 0 bridgehead atoms. The van der Waals surface area contributed by atoms with Gasteiger partial charge < -0.3 is 35.0 Å². The largest absolute Gasteiger partial charge is 0.490 e. The van der Waals surface area contributed by atoms with Gasteiger partial charge in [-0.2, -0.15) is 0 Å². The summed E-state index contributed by atoms with van der Waals surface area (Å²) in [6, 6.07) is 12.7. The maximum absolute atomic E-state index is 11.7. The predicted molar refractivity (Wildman–Crippen MR) is 124 cm³/mol. The Morgan fingerprint density at radius 3 is 2.56 bits per heavy atom. The summed E-state index contributed by atoms with van der Waals surface area (Å²) >= 11 is 6.12. The molecule has 184 valence electrons. The van der Waals surface area contributed by atoms with Crippen molar-refractivity contribution in [1.82, 2.24) is 0 Å². The van der Waals surface area contributed by atoms with Gasteiger partial charge in [-0.15, -0.1) is 11.6 Å². The van der Waals surface area contributed by atoms with E-state index in [-0.39, 0.29) is 19.1 Å². The zero-order valence-electron chi connectivity index (χ0n) is 18.3. The number of amides is 1. The van der Waals surface area contributed by atoms with E-state index in [1.807, 2.05) is 18.2 Å². The Morgan fingerprint density at radius 2 is 1.85 bits per heavy atom. The van der Waals surface area contributed by atoms with Crippen LogP contribution in [0.15, 0.2) is 42.5 Å². The molecule has 10 heteroatoms. The average Bonchev–Trinajstić information content (AvgIpc) is 2.85. The lowest BCUT2D eigenvalue weighted by atomic mass is 9.85. The highest BCUT2D eigenvalue weighted by atomic mass is 35.5. The molecule has 34 heavy (non-hydrogen) atoms. The minimum Gasteiger partial charge on any atom is -0.490 e. The molecule has 1 saturated heterocycles. The quantitative estimate of drug-likeness (QED) is 0.384. The van der Waals surface area contributed by atoms with Crippen LogP contribution in [-0.4, -0.2) is 81.7 Å². The third-order valence-corrected chi connectivity index (χ3v) is 6.63. The number of aliphatic hydroxyl groups excluding tert-OH is 4. The molecule has 1 fully saturated rings. The lowest BCUT2D eigenvalue weighted by Crippen LogP contribution is -2.55.